The Bertz CT molecular complexity index is 1190. The van der Waals surface area contributed by atoms with Gasteiger partial charge in [-0.1, -0.05) is 256 Å². The van der Waals surface area contributed by atoms with Crippen molar-refractivity contribution in [3.63, 3.8) is 0 Å². The fourth-order valence-corrected chi connectivity index (χ4v) is 9.26. The highest BCUT2D eigenvalue weighted by molar-refractivity contribution is 7.45. The van der Waals surface area contributed by atoms with Crippen LogP contribution in [0.25, 0.3) is 0 Å². The molecule has 0 aliphatic rings. The number of nitrogens with zero attached hydrogens (tertiary/aromatic N) is 1. The van der Waals surface area contributed by atoms with Crippen molar-refractivity contribution < 1.29 is 32.9 Å². The van der Waals surface area contributed by atoms with E-state index in [1.54, 1.807) is 6.08 Å². The van der Waals surface area contributed by atoms with Crippen molar-refractivity contribution in [3.8, 4) is 0 Å². The molecule has 0 bridgehead atoms. The summed E-state index contributed by atoms with van der Waals surface area (Å²) in [5, 5.41) is 13.9. The molecule has 0 heterocycles. The fourth-order valence-electron chi connectivity index (χ4n) is 8.54. The van der Waals surface area contributed by atoms with Gasteiger partial charge in [0.2, 0.25) is 5.91 Å². The molecule has 0 fully saturated rings. The third kappa shape index (κ3) is 52.4. The number of phosphoric acid groups is 1. The van der Waals surface area contributed by atoms with E-state index in [1.807, 2.05) is 27.2 Å². The number of carbonyl (C=O) groups is 1. The van der Waals surface area contributed by atoms with Gasteiger partial charge in [-0.05, 0) is 51.4 Å². The minimum Gasteiger partial charge on any atom is -0.756 e. The number of allylic oxidation sites excluding steroid dienone is 5. The molecule has 0 aromatic rings. The normalized spacial score (nSPS) is 14.2. The number of likely N-dealkylation sites (N-methyl/N-ethyl adjacent to an activating group) is 1. The van der Waals surface area contributed by atoms with Gasteiger partial charge in [0.15, 0.2) is 0 Å². The quantitative estimate of drug-likeness (QED) is 0.0272. The number of hydrogen-bond acceptors (Lipinski definition) is 6. The average Bonchev–Trinajstić information content (AvgIpc) is 3.29. The molecule has 396 valence electrons. The van der Waals surface area contributed by atoms with Gasteiger partial charge >= 0.3 is 0 Å². The summed E-state index contributed by atoms with van der Waals surface area (Å²) in [6.07, 6.45) is 63.5. The van der Waals surface area contributed by atoms with Gasteiger partial charge in [0.25, 0.3) is 7.82 Å². The molecule has 0 radical (unpaired) electrons. The maximum atomic E-state index is 13.0. The summed E-state index contributed by atoms with van der Waals surface area (Å²) in [7, 11) is 1.27. The zero-order valence-electron chi connectivity index (χ0n) is 45.1. The standard InChI is InChI=1S/C58H113N2O6P/c1-6-8-10-12-14-16-18-20-22-24-26-28-30-32-34-36-38-40-42-44-46-48-50-52-58(62)59-56(55-66-67(63,64)65-54-53-60(3,4)5)57(61)51-49-47-45-43-41-39-37-35-33-31-29-27-25-23-21-19-17-15-13-11-9-7-2/h18,20,24,26,49,51,56-57,61H,6-17,19,21-23,25,27-48,50,52-55H2,1-5H3,(H-,59,62,63,64)/b20-18-,26-24-,51-49+. The summed E-state index contributed by atoms with van der Waals surface area (Å²) < 4.78 is 23.4. The van der Waals surface area contributed by atoms with Crippen LogP contribution in [0, 0.1) is 0 Å². The highest BCUT2D eigenvalue weighted by Gasteiger charge is 2.23. The first-order chi connectivity index (χ1) is 32.5. The minimum atomic E-state index is -4.60. The van der Waals surface area contributed by atoms with Crippen molar-refractivity contribution >= 4 is 13.7 Å². The number of hydrogen-bond donors (Lipinski definition) is 2. The first-order valence-electron chi connectivity index (χ1n) is 28.9. The van der Waals surface area contributed by atoms with Crippen LogP contribution in [0.5, 0.6) is 0 Å². The summed E-state index contributed by atoms with van der Waals surface area (Å²) in [4.78, 5) is 25.5. The van der Waals surface area contributed by atoms with Gasteiger partial charge in [0.1, 0.15) is 13.2 Å². The Morgan fingerprint density at radius 3 is 1.24 bits per heavy atom. The van der Waals surface area contributed by atoms with E-state index < -0.39 is 20.0 Å². The van der Waals surface area contributed by atoms with Crippen molar-refractivity contribution in [2.75, 3.05) is 40.9 Å². The van der Waals surface area contributed by atoms with E-state index >= 15 is 0 Å². The van der Waals surface area contributed by atoms with Crippen molar-refractivity contribution in [3.05, 3.63) is 36.5 Å². The number of unbranched alkanes of at least 4 members (excludes halogenated alkanes) is 36. The number of rotatable bonds is 53. The van der Waals surface area contributed by atoms with E-state index in [0.29, 0.717) is 17.4 Å². The Morgan fingerprint density at radius 2 is 0.866 bits per heavy atom. The Kier molecular flexibility index (Phi) is 48.7. The topological polar surface area (TPSA) is 108 Å². The molecule has 2 N–H and O–H groups in total. The molecule has 0 rings (SSSR count). The minimum absolute atomic E-state index is 0.000767. The predicted octanol–water partition coefficient (Wildman–Crippen LogP) is 16.7. The van der Waals surface area contributed by atoms with Crippen LogP contribution < -0.4 is 10.2 Å². The lowest BCUT2D eigenvalue weighted by Crippen LogP contribution is -2.45. The number of aliphatic hydroxyl groups is 1. The molecule has 0 aliphatic carbocycles. The number of amides is 1. The van der Waals surface area contributed by atoms with Crippen molar-refractivity contribution in [1.82, 2.24) is 5.32 Å². The SMILES string of the molecule is CCCCCCC/C=C\C/C=C\CCCCCCCCCCCCCC(=O)NC(COP(=O)([O-])OCC[N+](C)(C)C)C(O)/C=C/CCCCCCCCCCCCCCCCCCCCCC. The molecule has 0 spiro atoms. The molecular formula is C58H113N2O6P. The van der Waals surface area contributed by atoms with Crippen LogP contribution >= 0.6 is 7.82 Å². The Morgan fingerprint density at radius 1 is 0.522 bits per heavy atom. The van der Waals surface area contributed by atoms with Crippen molar-refractivity contribution in [2.45, 2.75) is 289 Å². The molecule has 9 heteroatoms. The Labute approximate surface area is 417 Å². The number of aliphatic hydroxyl groups excluding tert-OH is 1. The number of quaternary nitrogens is 1. The molecule has 0 saturated carbocycles. The lowest BCUT2D eigenvalue weighted by molar-refractivity contribution is -0.870. The highest BCUT2D eigenvalue weighted by Crippen LogP contribution is 2.38. The number of nitrogens with one attached hydrogen (secondary N) is 1. The zero-order chi connectivity index (χ0) is 49.2. The number of carbonyl (C=O) groups excluding carboxylic acids is 1. The molecular weight excluding hydrogens is 852 g/mol. The van der Waals surface area contributed by atoms with Crippen molar-refractivity contribution in [1.29, 1.82) is 0 Å². The summed E-state index contributed by atoms with van der Waals surface area (Å²) >= 11 is 0. The van der Waals surface area contributed by atoms with E-state index in [2.05, 4.69) is 43.5 Å². The molecule has 67 heavy (non-hydrogen) atoms. The first-order valence-corrected chi connectivity index (χ1v) is 30.3. The van der Waals surface area contributed by atoms with Crippen LogP contribution in [0.2, 0.25) is 0 Å². The van der Waals surface area contributed by atoms with Gasteiger partial charge in [0.05, 0.1) is 39.9 Å². The fraction of sp³-hybridized carbons (Fsp3) is 0.879. The van der Waals surface area contributed by atoms with Gasteiger partial charge in [-0.3, -0.25) is 9.36 Å². The van der Waals surface area contributed by atoms with Crippen LogP contribution in [0.3, 0.4) is 0 Å². The maximum Gasteiger partial charge on any atom is 0.268 e. The second-order valence-corrected chi connectivity index (χ2v) is 22.4. The monoisotopic (exact) mass is 965 g/mol. The molecule has 3 unspecified atom stereocenters. The maximum absolute atomic E-state index is 13.0. The lowest BCUT2D eigenvalue weighted by atomic mass is 10.0. The van der Waals surface area contributed by atoms with Gasteiger partial charge < -0.3 is 28.8 Å². The van der Waals surface area contributed by atoms with Gasteiger partial charge in [-0.25, -0.2) is 0 Å². The van der Waals surface area contributed by atoms with Crippen molar-refractivity contribution in [2.24, 2.45) is 0 Å². The van der Waals surface area contributed by atoms with E-state index in [9.17, 15) is 19.4 Å². The second-order valence-electron chi connectivity index (χ2n) is 21.0. The number of phosphoric ester groups is 1. The molecule has 0 aromatic carbocycles. The molecule has 1 amide bonds. The van der Waals surface area contributed by atoms with E-state index in [1.165, 1.54) is 212 Å². The van der Waals surface area contributed by atoms with Crippen LogP contribution in [0.1, 0.15) is 277 Å². The third-order valence-electron chi connectivity index (χ3n) is 13.1. The van der Waals surface area contributed by atoms with Crippen LogP contribution in [0.15, 0.2) is 36.5 Å². The van der Waals surface area contributed by atoms with Crippen LogP contribution in [-0.2, 0) is 18.4 Å². The Balaban J connectivity index is 4.22. The van der Waals surface area contributed by atoms with E-state index in [4.69, 9.17) is 9.05 Å². The largest absolute Gasteiger partial charge is 0.756 e. The summed E-state index contributed by atoms with van der Waals surface area (Å²) in [6, 6.07) is -0.888. The molecule has 3 atom stereocenters. The second kappa shape index (κ2) is 49.7. The molecule has 0 aromatic heterocycles. The highest BCUT2D eigenvalue weighted by atomic mass is 31.2. The Hall–Kier alpha value is -1.28. The van der Waals surface area contributed by atoms with Gasteiger partial charge in [-0.2, -0.15) is 0 Å². The summed E-state index contributed by atoms with van der Waals surface area (Å²) in [6.45, 7) is 4.67. The predicted molar refractivity (Wildman–Crippen MR) is 288 cm³/mol. The summed E-state index contributed by atoms with van der Waals surface area (Å²) in [5.41, 5.74) is 0. The summed E-state index contributed by atoms with van der Waals surface area (Å²) in [5.74, 6) is -0.197. The van der Waals surface area contributed by atoms with Crippen LogP contribution in [-0.4, -0.2) is 68.5 Å². The average molecular weight is 966 g/mol. The van der Waals surface area contributed by atoms with E-state index in [-0.39, 0.29) is 19.1 Å². The first kappa shape index (κ1) is 65.7. The smallest absolute Gasteiger partial charge is 0.268 e. The zero-order valence-corrected chi connectivity index (χ0v) is 46.0. The molecule has 0 aliphatic heterocycles. The lowest BCUT2D eigenvalue weighted by Gasteiger charge is -2.29. The third-order valence-corrected chi connectivity index (χ3v) is 14.1. The van der Waals surface area contributed by atoms with Crippen LogP contribution in [0.4, 0.5) is 0 Å². The molecule has 0 saturated heterocycles. The van der Waals surface area contributed by atoms with Gasteiger partial charge in [0, 0.05) is 6.42 Å². The molecule has 8 nitrogen and oxygen atoms in total. The van der Waals surface area contributed by atoms with Gasteiger partial charge in [-0.15, -0.1) is 0 Å². The van der Waals surface area contributed by atoms with E-state index in [0.717, 1.165) is 44.9 Å².